The molecule has 0 spiro atoms. The van der Waals surface area contributed by atoms with Gasteiger partial charge < -0.3 is 28.2 Å². The number of aliphatic hydroxyl groups excluding tert-OH is 1. The average Bonchev–Trinajstić information content (AvgIpc) is 2.41. The molecule has 0 amide bonds. The first-order valence-corrected chi connectivity index (χ1v) is 15.5. The summed E-state index contributed by atoms with van der Waals surface area (Å²) >= 11 is 0. The zero-order valence-electron chi connectivity index (χ0n) is 16.9. The molecule has 8 nitrogen and oxygen atoms in total. The number of aliphatic hydroxyl groups is 1. The quantitative estimate of drug-likeness (QED) is 0.501. The predicted molar refractivity (Wildman–Crippen MR) is 99.5 cm³/mol. The maximum atomic E-state index is 11.7. The molecule has 5 atom stereocenters. The highest BCUT2D eigenvalue weighted by molar-refractivity contribution is 6.70. The first kappa shape index (κ1) is 23.3. The Morgan fingerprint density at radius 3 is 1.81 bits per heavy atom. The van der Waals surface area contributed by atoms with Crippen molar-refractivity contribution in [3.63, 3.8) is 0 Å². The van der Waals surface area contributed by atoms with E-state index in [4.69, 9.17) is 23.1 Å². The molecule has 0 bridgehead atoms. The minimum atomic E-state index is -2.09. The third-order valence-corrected chi connectivity index (χ3v) is 5.30. The predicted octanol–water partition coefficient (Wildman–Crippen LogP) is 1.64. The zero-order chi connectivity index (χ0) is 20.3. The molecule has 0 aromatic rings. The SMILES string of the molecule is CC(=O)OC[C@H]1O[C@@H](O)[C@H](O[Si](C)(C)C)[C@@H](O[Si](C)(C)C)[C@H]1OC(C)=O. The van der Waals surface area contributed by atoms with Gasteiger partial charge in [0.2, 0.25) is 0 Å². The molecule has 1 fully saturated rings. The molecule has 0 aromatic heterocycles. The molecule has 26 heavy (non-hydrogen) atoms. The Morgan fingerprint density at radius 2 is 1.38 bits per heavy atom. The number of carbonyl (C=O) groups excluding carboxylic acids is 2. The molecule has 152 valence electrons. The second-order valence-corrected chi connectivity index (χ2v) is 17.3. The third-order valence-electron chi connectivity index (χ3n) is 3.34. The molecule has 0 radical (unpaired) electrons. The van der Waals surface area contributed by atoms with Crippen LogP contribution in [0.2, 0.25) is 39.3 Å². The first-order valence-electron chi connectivity index (χ1n) is 8.69. The monoisotopic (exact) mass is 408 g/mol. The van der Waals surface area contributed by atoms with Gasteiger partial charge in [0.15, 0.2) is 29.0 Å². The highest BCUT2D eigenvalue weighted by Gasteiger charge is 2.51. The second kappa shape index (κ2) is 8.94. The number of esters is 2. The summed E-state index contributed by atoms with van der Waals surface area (Å²) in [6, 6.07) is 0. The summed E-state index contributed by atoms with van der Waals surface area (Å²) in [7, 11) is -4.15. The van der Waals surface area contributed by atoms with Gasteiger partial charge in [-0.3, -0.25) is 9.59 Å². The summed E-state index contributed by atoms with van der Waals surface area (Å²) in [6.45, 7) is 14.3. The van der Waals surface area contributed by atoms with E-state index in [9.17, 15) is 14.7 Å². The number of ether oxygens (including phenoxy) is 3. The van der Waals surface area contributed by atoms with Crippen LogP contribution in [0.3, 0.4) is 0 Å². The van der Waals surface area contributed by atoms with Crippen LogP contribution < -0.4 is 0 Å². The van der Waals surface area contributed by atoms with Gasteiger partial charge in [-0.15, -0.1) is 0 Å². The molecule has 1 rings (SSSR count). The summed E-state index contributed by atoms with van der Waals surface area (Å²) in [5.74, 6) is -1.01. The zero-order valence-corrected chi connectivity index (χ0v) is 18.9. The topological polar surface area (TPSA) is 101 Å². The van der Waals surface area contributed by atoms with Crippen LogP contribution in [0, 0.1) is 0 Å². The third kappa shape index (κ3) is 7.84. The van der Waals surface area contributed by atoms with Gasteiger partial charge in [0.25, 0.3) is 0 Å². The highest BCUT2D eigenvalue weighted by atomic mass is 28.4. The van der Waals surface area contributed by atoms with E-state index in [1.807, 2.05) is 39.3 Å². The Hall–Kier alpha value is -0.786. The maximum Gasteiger partial charge on any atom is 0.303 e. The van der Waals surface area contributed by atoms with Crippen molar-refractivity contribution >= 4 is 28.6 Å². The number of hydrogen-bond donors (Lipinski definition) is 1. The van der Waals surface area contributed by atoms with E-state index in [1.165, 1.54) is 13.8 Å². The lowest BCUT2D eigenvalue weighted by atomic mass is 9.99. The highest BCUT2D eigenvalue weighted by Crippen LogP contribution is 2.31. The van der Waals surface area contributed by atoms with Crippen molar-refractivity contribution in [2.24, 2.45) is 0 Å². The van der Waals surface area contributed by atoms with E-state index in [0.29, 0.717) is 0 Å². The van der Waals surface area contributed by atoms with Crippen molar-refractivity contribution in [3.8, 4) is 0 Å². The van der Waals surface area contributed by atoms with Gasteiger partial charge in [-0.05, 0) is 39.3 Å². The molecule has 1 aliphatic heterocycles. The van der Waals surface area contributed by atoms with Gasteiger partial charge >= 0.3 is 11.9 Å². The lowest BCUT2D eigenvalue weighted by molar-refractivity contribution is -0.283. The molecule has 1 saturated heterocycles. The largest absolute Gasteiger partial charge is 0.463 e. The molecular formula is C16H32O8Si2. The van der Waals surface area contributed by atoms with Crippen molar-refractivity contribution in [1.82, 2.24) is 0 Å². The minimum Gasteiger partial charge on any atom is -0.463 e. The summed E-state index contributed by atoms with van der Waals surface area (Å²) in [6.07, 6.45) is -4.51. The van der Waals surface area contributed by atoms with E-state index >= 15 is 0 Å². The van der Waals surface area contributed by atoms with Crippen molar-refractivity contribution in [2.45, 2.75) is 83.8 Å². The van der Waals surface area contributed by atoms with E-state index in [-0.39, 0.29) is 6.61 Å². The van der Waals surface area contributed by atoms with Crippen LogP contribution in [0.5, 0.6) is 0 Å². The van der Waals surface area contributed by atoms with Crippen LogP contribution in [0.1, 0.15) is 13.8 Å². The Morgan fingerprint density at radius 1 is 0.885 bits per heavy atom. The summed E-state index contributed by atoms with van der Waals surface area (Å²) in [4.78, 5) is 22.8. The van der Waals surface area contributed by atoms with Gasteiger partial charge in [0.1, 0.15) is 24.9 Å². The maximum absolute atomic E-state index is 11.7. The van der Waals surface area contributed by atoms with Crippen molar-refractivity contribution in [1.29, 1.82) is 0 Å². The van der Waals surface area contributed by atoms with Gasteiger partial charge in [-0.25, -0.2) is 0 Å². The van der Waals surface area contributed by atoms with Gasteiger partial charge in [0.05, 0.1) is 0 Å². The molecule has 0 saturated carbocycles. The fourth-order valence-corrected chi connectivity index (χ4v) is 4.79. The molecule has 10 heteroatoms. The van der Waals surface area contributed by atoms with Crippen LogP contribution in [-0.2, 0) is 32.7 Å². The van der Waals surface area contributed by atoms with Gasteiger partial charge in [0, 0.05) is 13.8 Å². The fraction of sp³-hybridized carbons (Fsp3) is 0.875. The molecule has 0 unspecified atom stereocenters. The number of rotatable bonds is 7. The Bertz CT molecular complexity index is 499. The summed E-state index contributed by atoms with van der Waals surface area (Å²) in [5.41, 5.74) is 0. The molecule has 0 aromatic carbocycles. The molecular weight excluding hydrogens is 376 g/mol. The fourth-order valence-electron chi connectivity index (χ4n) is 2.64. The van der Waals surface area contributed by atoms with E-state index in [0.717, 1.165) is 0 Å². The van der Waals surface area contributed by atoms with Gasteiger partial charge in [-0.2, -0.15) is 0 Å². The molecule has 0 aliphatic carbocycles. The Labute approximate surface area is 157 Å². The van der Waals surface area contributed by atoms with Crippen LogP contribution in [0.15, 0.2) is 0 Å². The Kier molecular flexibility index (Phi) is 7.99. The van der Waals surface area contributed by atoms with E-state index < -0.39 is 59.3 Å². The average molecular weight is 409 g/mol. The van der Waals surface area contributed by atoms with Gasteiger partial charge in [-0.1, -0.05) is 0 Å². The summed E-state index contributed by atoms with van der Waals surface area (Å²) < 4.78 is 28.4. The molecule has 1 heterocycles. The van der Waals surface area contributed by atoms with Crippen LogP contribution in [0.25, 0.3) is 0 Å². The molecule has 1 N–H and O–H groups in total. The number of hydrogen-bond acceptors (Lipinski definition) is 8. The van der Waals surface area contributed by atoms with Crippen molar-refractivity contribution in [2.75, 3.05) is 6.61 Å². The Balaban J connectivity index is 3.20. The lowest BCUT2D eigenvalue weighted by Gasteiger charge is -2.47. The van der Waals surface area contributed by atoms with E-state index in [2.05, 4.69) is 0 Å². The van der Waals surface area contributed by atoms with Crippen LogP contribution in [-0.4, -0.2) is 71.0 Å². The van der Waals surface area contributed by atoms with Crippen molar-refractivity contribution < 1.29 is 37.8 Å². The minimum absolute atomic E-state index is 0.157. The lowest BCUT2D eigenvalue weighted by Crippen LogP contribution is -2.64. The normalized spacial score (nSPS) is 30.0. The van der Waals surface area contributed by atoms with Crippen LogP contribution in [0.4, 0.5) is 0 Å². The molecule has 1 aliphatic rings. The number of carbonyl (C=O) groups is 2. The first-order chi connectivity index (χ1) is 11.7. The van der Waals surface area contributed by atoms with Crippen LogP contribution >= 0.6 is 0 Å². The smallest absolute Gasteiger partial charge is 0.303 e. The van der Waals surface area contributed by atoms with E-state index in [1.54, 1.807) is 0 Å². The standard InChI is InChI=1S/C16H32O8Si2/c1-10(17)20-9-12-13(21-11(2)18)14(23-25(3,4)5)15(16(19)22-12)24-26(6,7)8/h12-16,19H,9H2,1-8H3/t12-,13+,14+,15-,16-/m1/s1. The van der Waals surface area contributed by atoms with Crippen molar-refractivity contribution in [3.05, 3.63) is 0 Å². The second-order valence-electron chi connectivity index (χ2n) is 8.33. The summed E-state index contributed by atoms with van der Waals surface area (Å²) in [5, 5.41) is 10.5.